The normalized spacial score (nSPS) is 6.75. The van der Waals surface area contributed by atoms with Crippen molar-refractivity contribution in [3.05, 3.63) is 24.8 Å². The molecule has 0 heterocycles. The Bertz CT molecular complexity index is 235. The summed E-state index contributed by atoms with van der Waals surface area (Å²) >= 11 is 0. The summed E-state index contributed by atoms with van der Waals surface area (Å²) < 4.78 is 0. The second-order valence-corrected chi connectivity index (χ2v) is 1.49. The quantitative estimate of drug-likeness (QED) is 0.436. The van der Waals surface area contributed by atoms with E-state index in [-0.39, 0.29) is 18.5 Å². The van der Waals surface area contributed by atoms with Gasteiger partial charge in [-0.15, -0.1) is 0 Å². The molecule has 0 spiro atoms. The molecule has 0 bridgehead atoms. The van der Waals surface area contributed by atoms with Crippen molar-refractivity contribution in [2.24, 2.45) is 0 Å². The molecule has 0 saturated heterocycles. The van der Waals surface area contributed by atoms with Crippen LogP contribution in [0.5, 0.6) is 0 Å². The summed E-state index contributed by atoms with van der Waals surface area (Å²) in [6, 6.07) is 0. The molecular weight excluding hydrogens is 222 g/mol. The van der Waals surface area contributed by atoms with E-state index in [1.54, 1.807) is 0 Å². The number of carboxylic acid groups (broad SMARTS) is 3. The van der Waals surface area contributed by atoms with Crippen molar-refractivity contribution in [1.82, 2.24) is 18.5 Å². The molecule has 0 rings (SSSR count). The van der Waals surface area contributed by atoms with Crippen LogP contribution in [0.15, 0.2) is 24.8 Å². The fraction of sp³-hybridized carbons (Fsp3) is 0. The lowest BCUT2D eigenvalue weighted by Gasteiger charge is -1.90. The van der Waals surface area contributed by atoms with E-state index >= 15 is 0 Å². The Morgan fingerprint density at radius 2 is 0.938 bits per heavy atom. The second kappa shape index (κ2) is 18.5. The Morgan fingerprint density at radius 3 is 1.00 bits per heavy atom. The van der Waals surface area contributed by atoms with Crippen molar-refractivity contribution in [2.75, 3.05) is 0 Å². The molecule has 0 aliphatic heterocycles. The Morgan fingerprint density at radius 1 is 0.750 bits per heavy atom. The van der Waals surface area contributed by atoms with Crippen molar-refractivity contribution in [3.8, 4) is 0 Å². The van der Waals surface area contributed by atoms with E-state index < -0.39 is 17.9 Å². The fourth-order valence-electron chi connectivity index (χ4n) is 0.136. The van der Waals surface area contributed by atoms with Crippen molar-refractivity contribution >= 4 is 17.9 Å². The second-order valence-electron chi connectivity index (χ2n) is 1.49. The van der Waals surface area contributed by atoms with E-state index in [0.717, 1.165) is 6.08 Å². The van der Waals surface area contributed by atoms with Gasteiger partial charge in [0.25, 0.3) is 0 Å². The standard InChI is InChI=1S/C4H4O4.C3H4O2.3H3N/c5-3(6)1-2-4(7)8;1-2-3(4)5;;;/h1-2H,(H,5,6)(H,7,8);2H,1H2,(H,4,5);3*1H3/b2-1-;;;;. The summed E-state index contributed by atoms with van der Waals surface area (Å²) in [7, 11) is 0. The van der Waals surface area contributed by atoms with Crippen LogP contribution in [-0.2, 0) is 14.4 Å². The monoisotopic (exact) mass is 239 g/mol. The molecule has 9 heteroatoms. The topological polar surface area (TPSA) is 230 Å². The van der Waals surface area contributed by atoms with Crippen LogP contribution in [0, 0.1) is 0 Å². The Labute approximate surface area is 91.8 Å². The van der Waals surface area contributed by atoms with Crippen molar-refractivity contribution in [1.29, 1.82) is 0 Å². The van der Waals surface area contributed by atoms with Crippen LogP contribution in [0.25, 0.3) is 0 Å². The highest BCUT2D eigenvalue weighted by atomic mass is 16.4. The van der Waals surface area contributed by atoms with Crippen LogP contribution in [0.1, 0.15) is 0 Å². The predicted octanol–water partition coefficient (Wildman–Crippen LogP) is -2.91. The van der Waals surface area contributed by atoms with E-state index in [0.29, 0.717) is 12.2 Å². The van der Waals surface area contributed by atoms with E-state index in [2.05, 4.69) is 6.58 Å². The molecule has 0 aliphatic rings. The lowest BCUT2D eigenvalue weighted by molar-refractivity contribution is -0.301. The minimum absolute atomic E-state index is 0. The molecule has 96 valence electrons. The summed E-state index contributed by atoms with van der Waals surface area (Å²) in [6.45, 7) is 2.90. The lowest BCUT2D eigenvalue weighted by atomic mass is 10.5. The van der Waals surface area contributed by atoms with E-state index in [9.17, 15) is 19.8 Å². The highest BCUT2D eigenvalue weighted by Gasteiger charge is 1.71. The van der Waals surface area contributed by atoms with Gasteiger partial charge in [0.2, 0.25) is 0 Å². The van der Waals surface area contributed by atoms with Gasteiger partial charge in [-0.1, -0.05) is 6.58 Å². The molecule has 0 aromatic heterocycles. The summed E-state index contributed by atoms with van der Waals surface area (Å²) in [5, 5.41) is 28.0. The average Bonchev–Trinajstić information content (AvgIpc) is 2.02. The third-order valence-electron chi connectivity index (χ3n) is 0.522. The number of carbonyl (C=O) groups excluding carboxylic acids is 3. The molecule has 0 fully saturated rings. The maximum Gasteiger partial charge on any atom is 0.0643 e. The molecule has 0 saturated carbocycles. The van der Waals surface area contributed by atoms with Gasteiger partial charge in [0, 0.05) is 0 Å². The van der Waals surface area contributed by atoms with Gasteiger partial charge in [-0.3, -0.25) is 0 Å². The minimum atomic E-state index is -1.55. The molecule has 0 radical (unpaired) electrons. The molecule has 0 amide bonds. The maximum absolute atomic E-state index is 9.41. The lowest BCUT2D eigenvalue weighted by Crippen LogP contribution is -2.23. The molecule has 0 aromatic rings. The molecule has 0 atom stereocenters. The third-order valence-corrected chi connectivity index (χ3v) is 0.522. The zero-order chi connectivity index (χ0) is 10.9. The number of hydrogen-bond acceptors (Lipinski definition) is 6. The zero-order valence-electron chi connectivity index (χ0n) is 9.39. The SMILES string of the molecule is C=CC(=O)[O-].O=C([O-])/C=C\C(=O)[O-].[NH4+].[NH4+].[NH4+]. The summed E-state index contributed by atoms with van der Waals surface area (Å²) in [5.74, 6) is -4.33. The molecule has 0 aromatic carbocycles. The van der Waals surface area contributed by atoms with Gasteiger partial charge >= 0.3 is 0 Å². The summed E-state index contributed by atoms with van der Waals surface area (Å²) in [4.78, 5) is 28.0. The van der Waals surface area contributed by atoms with Crippen LogP contribution in [0.4, 0.5) is 0 Å². The smallest absolute Gasteiger partial charge is 0.0643 e. The third kappa shape index (κ3) is 60.0. The minimum Gasteiger partial charge on any atom is -0.545 e. The fourth-order valence-corrected chi connectivity index (χ4v) is 0.136. The molecule has 0 unspecified atom stereocenters. The number of quaternary nitrogens is 3. The van der Waals surface area contributed by atoms with Gasteiger partial charge in [-0.25, -0.2) is 0 Å². The van der Waals surface area contributed by atoms with E-state index in [4.69, 9.17) is 9.90 Å². The number of hydrogen-bond donors (Lipinski definition) is 3. The van der Waals surface area contributed by atoms with E-state index in [1.807, 2.05) is 0 Å². The first-order valence-corrected chi connectivity index (χ1v) is 2.83. The molecule has 0 aliphatic carbocycles. The van der Waals surface area contributed by atoms with Gasteiger partial charge < -0.3 is 48.2 Å². The van der Waals surface area contributed by atoms with Crippen molar-refractivity contribution < 1.29 is 29.7 Å². The highest BCUT2D eigenvalue weighted by Crippen LogP contribution is 1.64. The highest BCUT2D eigenvalue weighted by molar-refractivity contribution is 5.87. The van der Waals surface area contributed by atoms with Crippen molar-refractivity contribution in [2.45, 2.75) is 0 Å². The first-order chi connectivity index (χ1) is 5.90. The Kier molecular flexibility index (Phi) is 33.8. The Balaban J connectivity index is -0.0000000454. The van der Waals surface area contributed by atoms with Crippen LogP contribution >= 0.6 is 0 Å². The first kappa shape index (κ1) is 29.2. The number of aliphatic carboxylic acids is 3. The molecular formula is C7H17N3O6. The number of carboxylic acids is 3. The van der Waals surface area contributed by atoms with Gasteiger partial charge in [0.1, 0.15) is 0 Å². The van der Waals surface area contributed by atoms with Crippen LogP contribution in [0.3, 0.4) is 0 Å². The van der Waals surface area contributed by atoms with Gasteiger partial charge in [-0.2, -0.15) is 0 Å². The van der Waals surface area contributed by atoms with Crippen LogP contribution in [-0.4, -0.2) is 17.9 Å². The number of rotatable bonds is 3. The zero-order valence-corrected chi connectivity index (χ0v) is 9.39. The van der Waals surface area contributed by atoms with E-state index in [1.165, 1.54) is 0 Å². The largest absolute Gasteiger partial charge is 0.545 e. The van der Waals surface area contributed by atoms with Gasteiger partial charge in [-0.05, 0) is 18.2 Å². The van der Waals surface area contributed by atoms with Crippen molar-refractivity contribution in [3.63, 3.8) is 0 Å². The average molecular weight is 239 g/mol. The first-order valence-electron chi connectivity index (χ1n) is 2.83. The molecule has 12 N–H and O–H groups in total. The summed E-state index contributed by atoms with van der Waals surface area (Å²) in [5.41, 5.74) is 0. The van der Waals surface area contributed by atoms with Gasteiger partial charge in [0.05, 0.1) is 17.9 Å². The maximum atomic E-state index is 9.41. The predicted molar refractivity (Wildman–Crippen MR) is 52.3 cm³/mol. The molecule has 16 heavy (non-hydrogen) atoms. The number of carbonyl (C=O) groups is 3. The molecule has 9 nitrogen and oxygen atoms in total. The Hall–Kier alpha value is -2.23. The van der Waals surface area contributed by atoms with Gasteiger partial charge in [0.15, 0.2) is 0 Å². The van der Waals surface area contributed by atoms with Crippen LogP contribution in [0.2, 0.25) is 0 Å². The summed E-state index contributed by atoms with van der Waals surface area (Å²) in [6.07, 6.45) is 1.49. The van der Waals surface area contributed by atoms with Crippen LogP contribution < -0.4 is 33.8 Å².